The van der Waals surface area contributed by atoms with Gasteiger partial charge in [0.05, 0.1) is 11.8 Å². The summed E-state index contributed by atoms with van der Waals surface area (Å²) >= 11 is 1.44. The average molecular weight is 280 g/mol. The van der Waals surface area contributed by atoms with Crippen LogP contribution in [0.15, 0.2) is 18.5 Å². The van der Waals surface area contributed by atoms with Gasteiger partial charge in [0.15, 0.2) is 10.8 Å². The predicted octanol–water partition coefficient (Wildman–Crippen LogP) is 2.67. The second-order valence-electron chi connectivity index (χ2n) is 4.57. The first kappa shape index (κ1) is 14.0. The zero-order valence-electron chi connectivity index (χ0n) is 11.1. The van der Waals surface area contributed by atoms with Crippen molar-refractivity contribution in [1.29, 1.82) is 0 Å². The van der Waals surface area contributed by atoms with Crippen molar-refractivity contribution in [2.24, 2.45) is 0 Å². The molecule has 0 radical (unpaired) electrons. The van der Waals surface area contributed by atoms with Crippen LogP contribution in [0.25, 0.3) is 10.6 Å². The van der Waals surface area contributed by atoms with E-state index in [-0.39, 0.29) is 5.82 Å². The number of aromatic nitrogens is 3. The molecule has 2 heterocycles. The molecule has 0 amide bonds. The van der Waals surface area contributed by atoms with Gasteiger partial charge in [0.1, 0.15) is 5.01 Å². The van der Waals surface area contributed by atoms with Gasteiger partial charge in [-0.1, -0.05) is 25.2 Å². The fraction of sp³-hybridized carbons (Fsp3) is 0.462. The Bertz CT molecular complexity index is 527. The SMILES string of the molecule is CC(C)NCCCc1nnc(-c2ccncc2F)s1. The molecule has 0 saturated carbocycles. The number of rotatable bonds is 6. The van der Waals surface area contributed by atoms with Crippen molar-refractivity contribution in [3.8, 4) is 10.6 Å². The third kappa shape index (κ3) is 4.04. The van der Waals surface area contributed by atoms with Crippen molar-refractivity contribution >= 4 is 11.3 Å². The minimum absolute atomic E-state index is 0.355. The first-order valence-electron chi connectivity index (χ1n) is 6.32. The van der Waals surface area contributed by atoms with Crippen LogP contribution in [0.4, 0.5) is 4.39 Å². The number of hydrogen-bond acceptors (Lipinski definition) is 5. The Hall–Kier alpha value is -1.40. The summed E-state index contributed by atoms with van der Waals surface area (Å²) in [4.78, 5) is 3.73. The van der Waals surface area contributed by atoms with Gasteiger partial charge in [0, 0.05) is 18.7 Å². The van der Waals surface area contributed by atoms with E-state index >= 15 is 0 Å². The summed E-state index contributed by atoms with van der Waals surface area (Å²) in [6, 6.07) is 2.12. The fourth-order valence-corrected chi connectivity index (χ4v) is 2.55. The van der Waals surface area contributed by atoms with E-state index in [0.29, 0.717) is 16.6 Å². The molecule has 1 N–H and O–H groups in total. The van der Waals surface area contributed by atoms with E-state index in [1.165, 1.54) is 17.5 Å². The quantitative estimate of drug-likeness (QED) is 0.827. The molecule has 102 valence electrons. The smallest absolute Gasteiger partial charge is 0.151 e. The summed E-state index contributed by atoms with van der Waals surface area (Å²) in [6.45, 7) is 5.20. The highest BCUT2D eigenvalue weighted by Crippen LogP contribution is 2.25. The lowest BCUT2D eigenvalue weighted by molar-refractivity contribution is 0.569. The number of aryl methyl sites for hydroxylation is 1. The Labute approximate surface area is 116 Å². The van der Waals surface area contributed by atoms with Crippen LogP contribution in [0.3, 0.4) is 0 Å². The minimum Gasteiger partial charge on any atom is -0.315 e. The molecule has 0 fully saturated rings. The Kier molecular flexibility index (Phi) is 4.93. The molecule has 0 saturated heterocycles. The maximum absolute atomic E-state index is 13.5. The second-order valence-corrected chi connectivity index (χ2v) is 5.63. The Morgan fingerprint density at radius 1 is 1.37 bits per heavy atom. The van der Waals surface area contributed by atoms with Crippen LogP contribution >= 0.6 is 11.3 Å². The van der Waals surface area contributed by atoms with Crippen LogP contribution in [-0.2, 0) is 6.42 Å². The zero-order chi connectivity index (χ0) is 13.7. The first-order chi connectivity index (χ1) is 9.16. The molecule has 2 aromatic heterocycles. The average Bonchev–Trinajstić information content (AvgIpc) is 2.83. The minimum atomic E-state index is -0.355. The predicted molar refractivity (Wildman–Crippen MR) is 74.6 cm³/mol. The van der Waals surface area contributed by atoms with Gasteiger partial charge in [-0.25, -0.2) is 4.39 Å². The van der Waals surface area contributed by atoms with E-state index in [0.717, 1.165) is 24.4 Å². The summed E-state index contributed by atoms with van der Waals surface area (Å²) < 4.78 is 13.5. The summed E-state index contributed by atoms with van der Waals surface area (Å²) in [7, 11) is 0. The molecule has 0 aliphatic carbocycles. The molecule has 0 aliphatic heterocycles. The highest BCUT2D eigenvalue weighted by molar-refractivity contribution is 7.14. The van der Waals surface area contributed by atoms with E-state index in [4.69, 9.17) is 0 Å². The van der Waals surface area contributed by atoms with Crippen LogP contribution in [-0.4, -0.2) is 27.8 Å². The maximum atomic E-state index is 13.5. The molecule has 0 bridgehead atoms. The van der Waals surface area contributed by atoms with Crippen LogP contribution in [0, 0.1) is 5.82 Å². The zero-order valence-corrected chi connectivity index (χ0v) is 11.9. The van der Waals surface area contributed by atoms with Gasteiger partial charge in [-0.15, -0.1) is 10.2 Å². The van der Waals surface area contributed by atoms with Crippen LogP contribution in [0.5, 0.6) is 0 Å². The first-order valence-corrected chi connectivity index (χ1v) is 7.14. The van der Waals surface area contributed by atoms with Gasteiger partial charge in [0.2, 0.25) is 0 Å². The number of nitrogens with one attached hydrogen (secondary N) is 1. The van der Waals surface area contributed by atoms with E-state index in [2.05, 4.69) is 34.3 Å². The largest absolute Gasteiger partial charge is 0.315 e. The van der Waals surface area contributed by atoms with Crippen LogP contribution in [0.1, 0.15) is 25.3 Å². The Balaban J connectivity index is 1.94. The molecule has 0 aromatic carbocycles. The molecular formula is C13H17FN4S. The molecule has 0 aliphatic rings. The van der Waals surface area contributed by atoms with E-state index in [9.17, 15) is 4.39 Å². The third-order valence-electron chi connectivity index (χ3n) is 2.59. The normalized spacial score (nSPS) is 11.2. The van der Waals surface area contributed by atoms with Gasteiger partial charge in [-0.2, -0.15) is 0 Å². The number of halogens is 1. The number of pyridine rings is 1. The molecule has 4 nitrogen and oxygen atoms in total. The van der Waals surface area contributed by atoms with Gasteiger partial charge >= 0.3 is 0 Å². The van der Waals surface area contributed by atoms with Crippen LogP contribution in [0.2, 0.25) is 0 Å². The lowest BCUT2D eigenvalue weighted by Crippen LogP contribution is -2.23. The van der Waals surface area contributed by atoms with E-state index in [1.54, 1.807) is 12.3 Å². The van der Waals surface area contributed by atoms with E-state index in [1.807, 2.05) is 0 Å². The van der Waals surface area contributed by atoms with Gasteiger partial charge < -0.3 is 5.32 Å². The topological polar surface area (TPSA) is 50.7 Å². The molecule has 0 spiro atoms. The molecule has 6 heteroatoms. The third-order valence-corrected chi connectivity index (χ3v) is 3.61. The van der Waals surface area contributed by atoms with Gasteiger partial charge in [0.25, 0.3) is 0 Å². The molecule has 0 atom stereocenters. The molecule has 2 aromatic rings. The van der Waals surface area contributed by atoms with Crippen molar-refractivity contribution in [2.75, 3.05) is 6.54 Å². The summed E-state index contributed by atoms with van der Waals surface area (Å²) in [5, 5.41) is 13.1. The number of hydrogen-bond donors (Lipinski definition) is 1. The molecular weight excluding hydrogens is 263 g/mol. The molecule has 0 unspecified atom stereocenters. The van der Waals surface area contributed by atoms with Crippen molar-refractivity contribution in [1.82, 2.24) is 20.5 Å². The van der Waals surface area contributed by atoms with Crippen LogP contribution < -0.4 is 5.32 Å². The summed E-state index contributed by atoms with van der Waals surface area (Å²) in [6.07, 6.45) is 4.63. The van der Waals surface area contributed by atoms with Gasteiger partial charge in [-0.3, -0.25) is 4.98 Å². The monoisotopic (exact) mass is 280 g/mol. The highest BCUT2D eigenvalue weighted by atomic mass is 32.1. The lowest BCUT2D eigenvalue weighted by Gasteiger charge is -2.05. The fourth-order valence-electron chi connectivity index (χ4n) is 1.64. The van der Waals surface area contributed by atoms with E-state index < -0.39 is 0 Å². The summed E-state index contributed by atoms with van der Waals surface area (Å²) in [5.74, 6) is -0.355. The summed E-state index contributed by atoms with van der Waals surface area (Å²) in [5.41, 5.74) is 0.471. The van der Waals surface area contributed by atoms with Crippen molar-refractivity contribution in [3.05, 3.63) is 29.3 Å². The highest BCUT2D eigenvalue weighted by Gasteiger charge is 2.10. The van der Waals surface area contributed by atoms with Crippen molar-refractivity contribution in [3.63, 3.8) is 0 Å². The standard InChI is InChI=1S/C13H17FN4S/c1-9(2)16-6-3-4-12-17-18-13(19-12)10-5-7-15-8-11(10)14/h5,7-9,16H,3-4,6H2,1-2H3. The molecule has 19 heavy (non-hydrogen) atoms. The van der Waals surface area contributed by atoms with Crippen molar-refractivity contribution in [2.45, 2.75) is 32.7 Å². The second kappa shape index (κ2) is 6.68. The maximum Gasteiger partial charge on any atom is 0.151 e. The Morgan fingerprint density at radius 3 is 2.95 bits per heavy atom. The number of nitrogens with zero attached hydrogens (tertiary/aromatic N) is 3. The van der Waals surface area contributed by atoms with Gasteiger partial charge in [-0.05, 0) is 19.0 Å². The Morgan fingerprint density at radius 2 is 2.21 bits per heavy atom. The molecule has 2 rings (SSSR count). The van der Waals surface area contributed by atoms with Crippen molar-refractivity contribution < 1.29 is 4.39 Å². The lowest BCUT2D eigenvalue weighted by atomic mass is 10.3.